The second-order valence-corrected chi connectivity index (χ2v) is 6.96. The topological polar surface area (TPSA) is 79.0 Å². The Balaban J connectivity index is 1.75. The highest BCUT2D eigenvalue weighted by Crippen LogP contribution is 2.27. The van der Waals surface area contributed by atoms with Gasteiger partial charge in [-0.1, -0.05) is 18.2 Å². The minimum absolute atomic E-state index is 0.145. The van der Waals surface area contributed by atoms with Gasteiger partial charge < -0.3 is 15.0 Å². The van der Waals surface area contributed by atoms with E-state index in [2.05, 4.69) is 11.9 Å². The maximum absolute atomic E-state index is 13.0. The summed E-state index contributed by atoms with van der Waals surface area (Å²) in [4.78, 5) is 41.1. The van der Waals surface area contributed by atoms with E-state index in [-0.39, 0.29) is 18.9 Å². The molecule has 4 amide bonds. The third-order valence-electron chi connectivity index (χ3n) is 4.73. The molecular formula is C23H25N3O4. The molecule has 7 heteroatoms. The third-order valence-corrected chi connectivity index (χ3v) is 4.73. The smallest absolute Gasteiger partial charge is 0.332 e. The van der Waals surface area contributed by atoms with Crippen molar-refractivity contribution < 1.29 is 19.1 Å². The molecule has 1 heterocycles. The first-order chi connectivity index (χ1) is 14.4. The van der Waals surface area contributed by atoms with Crippen molar-refractivity contribution in [3.05, 3.63) is 66.7 Å². The number of benzene rings is 2. The van der Waals surface area contributed by atoms with Gasteiger partial charge in [-0.05, 0) is 55.8 Å². The van der Waals surface area contributed by atoms with Gasteiger partial charge in [0, 0.05) is 12.2 Å². The lowest BCUT2D eigenvalue weighted by Crippen LogP contribution is -2.38. The van der Waals surface area contributed by atoms with Crippen LogP contribution in [0.2, 0.25) is 0 Å². The number of hydrogen-bond acceptors (Lipinski definition) is 4. The minimum atomic E-state index is -0.890. The molecule has 1 N–H and O–H groups in total. The van der Waals surface area contributed by atoms with E-state index < -0.39 is 18.0 Å². The number of imide groups is 1. The highest BCUT2D eigenvalue weighted by Gasteiger charge is 2.46. The van der Waals surface area contributed by atoms with Gasteiger partial charge in [0.15, 0.2) is 0 Å². The quantitative estimate of drug-likeness (QED) is 0.534. The van der Waals surface area contributed by atoms with Crippen molar-refractivity contribution in [1.29, 1.82) is 0 Å². The summed E-state index contributed by atoms with van der Waals surface area (Å²) >= 11 is 0. The fourth-order valence-electron chi connectivity index (χ4n) is 3.37. The number of hydrogen-bond donors (Lipinski definition) is 1. The van der Waals surface area contributed by atoms with Crippen molar-refractivity contribution in [3.63, 3.8) is 0 Å². The number of urea groups is 1. The fraction of sp³-hybridized carbons (Fsp3) is 0.261. The monoisotopic (exact) mass is 407 g/mol. The number of amides is 4. The van der Waals surface area contributed by atoms with E-state index in [1.807, 2.05) is 19.9 Å². The van der Waals surface area contributed by atoms with Gasteiger partial charge in [-0.3, -0.25) is 9.59 Å². The molecule has 0 bridgehead atoms. The average Bonchev–Trinajstić information content (AvgIpc) is 2.94. The second kappa shape index (κ2) is 9.26. The van der Waals surface area contributed by atoms with Gasteiger partial charge >= 0.3 is 6.03 Å². The molecule has 1 atom stereocenters. The lowest BCUT2D eigenvalue weighted by atomic mass is 10.1. The van der Waals surface area contributed by atoms with Crippen LogP contribution in [-0.2, 0) is 9.59 Å². The molecule has 0 aliphatic carbocycles. The largest absolute Gasteiger partial charge is 0.494 e. The molecule has 2 aromatic carbocycles. The Kier molecular flexibility index (Phi) is 6.51. The van der Waals surface area contributed by atoms with Gasteiger partial charge in [-0.25, -0.2) is 9.69 Å². The molecule has 30 heavy (non-hydrogen) atoms. The number of anilines is 2. The number of carbonyl (C=O) groups is 3. The van der Waals surface area contributed by atoms with Crippen LogP contribution in [0, 0.1) is 6.92 Å². The first kappa shape index (κ1) is 21.1. The number of carbonyl (C=O) groups excluding carboxylic acids is 3. The van der Waals surface area contributed by atoms with Crippen LogP contribution < -0.4 is 15.0 Å². The average molecular weight is 407 g/mol. The van der Waals surface area contributed by atoms with Crippen molar-refractivity contribution in [2.45, 2.75) is 26.3 Å². The molecule has 1 fully saturated rings. The highest BCUT2D eigenvalue weighted by molar-refractivity contribution is 6.22. The molecule has 0 saturated carbocycles. The zero-order valence-electron chi connectivity index (χ0n) is 17.1. The van der Waals surface area contributed by atoms with Crippen LogP contribution in [0.4, 0.5) is 16.2 Å². The Morgan fingerprint density at radius 3 is 2.57 bits per heavy atom. The standard InChI is InChI=1S/C23H25N3O4/c1-4-13-25-20(15-21(27)24-17-9-11-19(12-10-17)30-5-2)22(28)26(23(25)29)18-8-6-7-16(3)14-18/h4,6-12,14,20H,1,5,13,15H2,2-3H3,(H,24,27). The molecule has 1 saturated heterocycles. The van der Waals surface area contributed by atoms with Gasteiger partial charge in [0.25, 0.3) is 5.91 Å². The number of nitrogens with zero attached hydrogens (tertiary/aromatic N) is 2. The Hall–Kier alpha value is -3.61. The summed E-state index contributed by atoms with van der Waals surface area (Å²) in [5, 5.41) is 2.77. The van der Waals surface area contributed by atoms with Crippen LogP contribution >= 0.6 is 0 Å². The number of ether oxygens (including phenoxy) is 1. The zero-order chi connectivity index (χ0) is 21.7. The van der Waals surface area contributed by atoms with E-state index in [1.54, 1.807) is 48.5 Å². The summed E-state index contributed by atoms with van der Waals surface area (Å²) in [5.74, 6) is -0.0715. The number of aryl methyl sites for hydroxylation is 1. The van der Waals surface area contributed by atoms with E-state index in [1.165, 1.54) is 4.90 Å². The van der Waals surface area contributed by atoms with Crippen LogP contribution in [0.15, 0.2) is 61.2 Å². The van der Waals surface area contributed by atoms with Crippen molar-refractivity contribution in [3.8, 4) is 5.75 Å². The molecule has 3 rings (SSSR count). The summed E-state index contributed by atoms with van der Waals surface area (Å²) in [6.07, 6.45) is 1.40. The van der Waals surface area contributed by atoms with E-state index in [4.69, 9.17) is 4.74 Å². The van der Waals surface area contributed by atoms with E-state index in [0.29, 0.717) is 23.7 Å². The van der Waals surface area contributed by atoms with E-state index in [9.17, 15) is 14.4 Å². The fourth-order valence-corrected chi connectivity index (χ4v) is 3.37. The Morgan fingerprint density at radius 2 is 1.93 bits per heavy atom. The predicted molar refractivity (Wildman–Crippen MR) is 116 cm³/mol. The van der Waals surface area contributed by atoms with Crippen LogP contribution in [0.1, 0.15) is 18.9 Å². The third kappa shape index (κ3) is 4.51. The van der Waals surface area contributed by atoms with E-state index >= 15 is 0 Å². The molecule has 2 aromatic rings. The van der Waals surface area contributed by atoms with Crippen molar-refractivity contribution in [2.24, 2.45) is 0 Å². The van der Waals surface area contributed by atoms with Crippen LogP contribution in [-0.4, -0.2) is 41.9 Å². The summed E-state index contributed by atoms with van der Waals surface area (Å²) in [6.45, 7) is 8.17. The molecule has 0 radical (unpaired) electrons. The van der Waals surface area contributed by atoms with Crippen LogP contribution in [0.25, 0.3) is 0 Å². The Labute approximate surface area is 175 Å². The Bertz CT molecular complexity index is 955. The van der Waals surface area contributed by atoms with Gasteiger partial charge in [-0.15, -0.1) is 6.58 Å². The van der Waals surface area contributed by atoms with Gasteiger partial charge in [0.2, 0.25) is 5.91 Å². The van der Waals surface area contributed by atoms with Crippen LogP contribution in [0.3, 0.4) is 0 Å². The van der Waals surface area contributed by atoms with Gasteiger partial charge in [0.1, 0.15) is 11.8 Å². The van der Waals surface area contributed by atoms with Crippen molar-refractivity contribution >= 4 is 29.2 Å². The predicted octanol–water partition coefficient (Wildman–Crippen LogP) is 3.75. The van der Waals surface area contributed by atoms with Crippen molar-refractivity contribution in [2.75, 3.05) is 23.4 Å². The van der Waals surface area contributed by atoms with Crippen molar-refractivity contribution in [1.82, 2.24) is 4.90 Å². The van der Waals surface area contributed by atoms with E-state index in [0.717, 1.165) is 10.5 Å². The maximum Gasteiger partial charge on any atom is 0.332 e. The molecule has 0 aromatic heterocycles. The summed E-state index contributed by atoms with van der Waals surface area (Å²) in [6, 6.07) is 12.8. The van der Waals surface area contributed by atoms with Gasteiger partial charge in [-0.2, -0.15) is 0 Å². The normalized spacial score (nSPS) is 16.0. The Morgan fingerprint density at radius 1 is 1.20 bits per heavy atom. The molecule has 0 spiro atoms. The number of rotatable bonds is 8. The number of nitrogens with one attached hydrogen (secondary N) is 1. The van der Waals surface area contributed by atoms with Crippen LogP contribution in [0.5, 0.6) is 5.75 Å². The molecule has 1 aliphatic rings. The molecule has 156 valence electrons. The summed E-state index contributed by atoms with van der Waals surface area (Å²) < 4.78 is 5.39. The highest BCUT2D eigenvalue weighted by atomic mass is 16.5. The second-order valence-electron chi connectivity index (χ2n) is 6.96. The maximum atomic E-state index is 13.0. The molecule has 1 unspecified atom stereocenters. The molecular weight excluding hydrogens is 382 g/mol. The first-order valence-electron chi connectivity index (χ1n) is 9.79. The first-order valence-corrected chi connectivity index (χ1v) is 9.79. The zero-order valence-corrected chi connectivity index (χ0v) is 17.1. The summed E-state index contributed by atoms with van der Waals surface area (Å²) in [5.41, 5.74) is 2.01. The lowest BCUT2D eigenvalue weighted by Gasteiger charge is -2.19. The lowest BCUT2D eigenvalue weighted by molar-refractivity contribution is -0.124. The minimum Gasteiger partial charge on any atom is -0.494 e. The molecule has 1 aliphatic heterocycles. The molecule has 7 nitrogen and oxygen atoms in total. The summed E-state index contributed by atoms with van der Waals surface area (Å²) in [7, 11) is 0. The van der Waals surface area contributed by atoms with Gasteiger partial charge in [0.05, 0.1) is 18.7 Å². The SMILES string of the molecule is C=CCN1C(=O)N(c2cccc(C)c2)C(=O)C1CC(=O)Nc1ccc(OCC)cc1.